The summed E-state index contributed by atoms with van der Waals surface area (Å²) in [4.78, 5) is 4.83. The number of hydrogen-bond acceptors (Lipinski definition) is 4. The Kier molecular flexibility index (Phi) is 8.59. The first-order valence-corrected chi connectivity index (χ1v) is 20.2. The number of benzene rings is 7. The van der Waals surface area contributed by atoms with Gasteiger partial charge in [-0.3, -0.25) is 4.57 Å². The number of fused-ring (bicyclic) bond motifs is 8. The first-order chi connectivity index (χ1) is 29.4. The van der Waals surface area contributed by atoms with E-state index >= 15 is 0 Å². The molecule has 0 saturated carbocycles. The molecule has 0 fully saturated rings. The van der Waals surface area contributed by atoms with Crippen LogP contribution in [0.4, 0.5) is 0 Å². The van der Waals surface area contributed by atoms with E-state index in [1.807, 2.05) is 71.4 Å². The standard InChI is InChI=1S/C52H35BN4O3.Pt/c1-52(2,3)33-25-26-54-50(27-33)57-42-18-7-4-15-38(42)39-24-23-37(31-45(39)57)58-36-14-12-13-34(28-36)55-32-56(44-20-9-8-19-43(44)55)35-29-48-51-49(30-35)60-47-22-11-6-17-41(47)53(51)40-16-5-10-21-46(40)59-48;/h4-27,29-30H,1-3H3;/q-2;. The second-order valence-electron chi connectivity index (χ2n) is 16.4. The molecule has 2 aliphatic rings. The molecular weight excluding hydrogens is 934 g/mol. The van der Waals surface area contributed by atoms with Crippen molar-refractivity contribution < 1.29 is 39.8 Å². The molecule has 0 spiro atoms. The van der Waals surface area contributed by atoms with Crippen LogP contribution in [0.5, 0.6) is 34.5 Å². The molecule has 12 rings (SSSR count). The summed E-state index contributed by atoms with van der Waals surface area (Å²) in [7, 11) is 0. The number of imidazole rings is 1. The van der Waals surface area contributed by atoms with Gasteiger partial charge in [-0.25, -0.2) is 4.98 Å². The molecule has 0 atom stereocenters. The molecule has 61 heavy (non-hydrogen) atoms. The smallest absolute Gasteiger partial charge is 0.268 e. The van der Waals surface area contributed by atoms with Crippen molar-refractivity contribution in [3.05, 3.63) is 182 Å². The molecule has 7 aromatic carbocycles. The van der Waals surface area contributed by atoms with Gasteiger partial charge < -0.3 is 23.3 Å². The molecule has 0 bridgehead atoms. The number of hydrogen-bond donors (Lipinski definition) is 0. The number of aromatic nitrogens is 4. The summed E-state index contributed by atoms with van der Waals surface area (Å²) in [6.45, 7) is 6.66. The van der Waals surface area contributed by atoms with Crippen molar-refractivity contribution in [3.63, 3.8) is 0 Å². The van der Waals surface area contributed by atoms with E-state index in [9.17, 15) is 0 Å². The van der Waals surface area contributed by atoms with Gasteiger partial charge in [0.2, 0.25) is 0 Å². The third kappa shape index (κ3) is 6.00. The molecule has 0 amide bonds. The van der Waals surface area contributed by atoms with Gasteiger partial charge in [-0.05, 0) is 75.4 Å². The summed E-state index contributed by atoms with van der Waals surface area (Å²) >= 11 is 0. The maximum absolute atomic E-state index is 6.63. The summed E-state index contributed by atoms with van der Waals surface area (Å²) in [5.74, 6) is 5.21. The Morgan fingerprint density at radius 2 is 1.31 bits per heavy atom. The van der Waals surface area contributed by atoms with Crippen LogP contribution in [0, 0.1) is 18.5 Å². The normalized spacial score (nSPS) is 12.6. The Hall–Kier alpha value is -6.89. The molecular formula is C52H35BN4O3Pt-2. The van der Waals surface area contributed by atoms with Gasteiger partial charge in [0.05, 0.1) is 16.7 Å². The van der Waals surface area contributed by atoms with Crippen molar-refractivity contribution in [2.75, 3.05) is 0 Å². The van der Waals surface area contributed by atoms with Crippen LogP contribution in [0.25, 0.3) is 50.0 Å². The molecule has 0 radical (unpaired) electrons. The molecule has 0 aliphatic carbocycles. The monoisotopic (exact) mass is 969 g/mol. The van der Waals surface area contributed by atoms with Gasteiger partial charge in [-0.1, -0.05) is 105 Å². The maximum Gasteiger partial charge on any atom is 0.268 e. The molecule has 5 heterocycles. The van der Waals surface area contributed by atoms with Crippen molar-refractivity contribution in [2.24, 2.45) is 0 Å². The molecule has 3 aromatic heterocycles. The average Bonchev–Trinajstić information content (AvgIpc) is 3.82. The van der Waals surface area contributed by atoms with E-state index in [0.29, 0.717) is 11.5 Å². The fraction of sp³-hybridized carbons (Fsp3) is 0.0769. The zero-order valence-electron chi connectivity index (χ0n) is 33.4. The van der Waals surface area contributed by atoms with E-state index in [-0.39, 0.29) is 33.2 Å². The van der Waals surface area contributed by atoms with Crippen molar-refractivity contribution >= 4 is 55.9 Å². The van der Waals surface area contributed by atoms with Gasteiger partial charge >= 0.3 is 0 Å². The largest absolute Gasteiger partial charge is 0.510 e. The van der Waals surface area contributed by atoms with Crippen LogP contribution in [-0.2, 0) is 26.5 Å². The third-order valence-corrected chi connectivity index (χ3v) is 11.7. The van der Waals surface area contributed by atoms with Gasteiger partial charge in [0, 0.05) is 49.7 Å². The molecule has 296 valence electrons. The van der Waals surface area contributed by atoms with Gasteiger partial charge in [-0.15, -0.1) is 29.7 Å². The Labute approximate surface area is 367 Å². The molecule has 7 nitrogen and oxygen atoms in total. The summed E-state index contributed by atoms with van der Waals surface area (Å²) in [5.41, 5.74) is 9.98. The van der Waals surface area contributed by atoms with Crippen molar-refractivity contribution in [3.8, 4) is 51.7 Å². The molecule has 2 aliphatic heterocycles. The molecule has 0 N–H and O–H groups in total. The summed E-state index contributed by atoms with van der Waals surface area (Å²) < 4.78 is 26.1. The predicted octanol–water partition coefficient (Wildman–Crippen LogP) is 9.61. The fourth-order valence-corrected chi connectivity index (χ4v) is 8.86. The second kappa shape index (κ2) is 14.1. The quantitative estimate of drug-likeness (QED) is 0.0981. The topological polar surface area (TPSA) is 54.3 Å². The Morgan fingerprint density at radius 1 is 0.639 bits per heavy atom. The van der Waals surface area contributed by atoms with E-state index in [0.717, 1.165) is 89.4 Å². The van der Waals surface area contributed by atoms with Crippen molar-refractivity contribution in [1.82, 2.24) is 14.1 Å². The molecule has 9 heteroatoms. The van der Waals surface area contributed by atoms with E-state index in [4.69, 9.17) is 19.2 Å². The van der Waals surface area contributed by atoms with Gasteiger partial charge in [0.15, 0.2) is 0 Å². The van der Waals surface area contributed by atoms with E-state index in [1.165, 1.54) is 5.56 Å². The van der Waals surface area contributed by atoms with Gasteiger partial charge in [0.25, 0.3) is 13.0 Å². The number of ether oxygens (including phenoxy) is 3. The van der Waals surface area contributed by atoms with E-state index in [1.54, 1.807) is 0 Å². The molecule has 0 unspecified atom stereocenters. The van der Waals surface area contributed by atoms with Crippen molar-refractivity contribution in [2.45, 2.75) is 26.2 Å². The number of para-hydroxylation sites is 5. The number of pyridine rings is 1. The summed E-state index contributed by atoms with van der Waals surface area (Å²) in [5, 5.41) is 2.21. The fourth-order valence-electron chi connectivity index (χ4n) is 8.86. The van der Waals surface area contributed by atoms with E-state index in [2.05, 4.69) is 139 Å². The van der Waals surface area contributed by atoms with Crippen LogP contribution in [0.15, 0.2) is 158 Å². The Balaban J connectivity index is 0.00000420. The zero-order valence-corrected chi connectivity index (χ0v) is 35.7. The predicted molar refractivity (Wildman–Crippen MR) is 236 cm³/mol. The number of rotatable bonds is 5. The maximum atomic E-state index is 6.63. The molecule has 0 saturated heterocycles. The van der Waals surface area contributed by atoms with Crippen LogP contribution >= 0.6 is 0 Å². The van der Waals surface area contributed by atoms with Crippen LogP contribution in [0.2, 0.25) is 0 Å². The van der Waals surface area contributed by atoms with Gasteiger partial charge in [0.1, 0.15) is 28.8 Å². The molecule has 10 aromatic rings. The minimum Gasteiger partial charge on any atom is -0.510 e. The second-order valence-corrected chi connectivity index (χ2v) is 16.4. The Morgan fingerprint density at radius 3 is 2.07 bits per heavy atom. The van der Waals surface area contributed by atoms with E-state index < -0.39 is 0 Å². The third-order valence-electron chi connectivity index (χ3n) is 11.7. The summed E-state index contributed by atoms with van der Waals surface area (Å²) in [6.07, 6.45) is 5.53. The number of nitrogens with zero attached hydrogens (tertiary/aromatic N) is 4. The average molecular weight is 970 g/mol. The van der Waals surface area contributed by atoms with Crippen LogP contribution < -0.4 is 35.2 Å². The van der Waals surface area contributed by atoms with Crippen LogP contribution in [-0.4, -0.2) is 20.8 Å². The van der Waals surface area contributed by atoms with Crippen molar-refractivity contribution in [1.29, 1.82) is 0 Å². The summed E-state index contributed by atoms with van der Waals surface area (Å²) in [6, 6.07) is 58.8. The Bertz CT molecular complexity index is 3310. The van der Waals surface area contributed by atoms with Crippen LogP contribution in [0.3, 0.4) is 0 Å². The van der Waals surface area contributed by atoms with Crippen LogP contribution in [0.1, 0.15) is 26.3 Å². The van der Waals surface area contributed by atoms with Gasteiger partial charge in [-0.2, -0.15) is 18.2 Å². The minimum atomic E-state index is -0.0280. The minimum absolute atomic E-state index is 0. The first-order valence-electron chi connectivity index (χ1n) is 20.2. The SMILES string of the molecule is CC(C)(C)c1ccnc(-n2c3[c-]c(Oc4[c-]c(-n5[c-][n+](-c6cc7c8c(c6)Oc6ccccc6B8c6ccccc6O7)c6ccccc65)ccc4)ccc3c3ccccc32)c1.[Pt]. The zero-order chi connectivity index (χ0) is 40.1. The first kappa shape index (κ1) is 37.1.